The Morgan fingerprint density at radius 3 is 2.40 bits per heavy atom. The van der Waals surface area contributed by atoms with Gasteiger partial charge in [-0.1, -0.05) is 18.2 Å². The van der Waals surface area contributed by atoms with Crippen LogP contribution in [0.2, 0.25) is 0 Å². The number of halogens is 3. The van der Waals surface area contributed by atoms with Crippen molar-refractivity contribution in [3.05, 3.63) is 69.3 Å². The summed E-state index contributed by atoms with van der Waals surface area (Å²) < 4.78 is 38.5. The molecule has 30 heavy (non-hydrogen) atoms. The molecule has 2 atom stereocenters. The minimum Gasteiger partial charge on any atom is -0.344 e. The monoisotopic (exact) mass is 421 g/mol. The quantitative estimate of drug-likeness (QED) is 0.463. The molecule has 1 saturated heterocycles. The third kappa shape index (κ3) is 3.98. The normalized spacial score (nSPS) is 19.1. The van der Waals surface area contributed by atoms with Crippen LogP contribution in [0.15, 0.2) is 42.5 Å². The van der Waals surface area contributed by atoms with Crippen LogP contribution < -0.4 is 5.32 Å². The van der Waals surface area contributed by atoms with Gasteiger partial charge in [0, 0.05) is 25.6 Å². The van der Waals surface area contributed by atoms with Crippen molar-refractivity contribution in [1.82, 2.24) is 4.90 Å². The van der Waals surface area contributed by atoms with Crippen LogP contribution in [0.1, 0.15) is 22.6 Å². The Hall–Kier alpha value is -3.43. The van der Waals surface area contributed by atoms with E-state index in [9.17, 15) is 32.9 Å². The van der Waals surface area contributed by atoms with Crippen molar-refractivity contribution >= 4 is 23.2 Å². The number of carbonyl (C=O) groups is 2. The van der Waals surface area contributed by atoms with E-state index in [1.807, 2.05) is 0 Å². The molecule has 0 aliphatic carbocycles. The van der Waals surface area contributed by atoms with Gasteiger partial charge in [-0.05, 0) is 30.7 Å². The number of hydrogen-bond donors (Lipinski definition) is 1. The summed E-state index contributed by atoms with van der Waals surface area (Å²) >= 11 is 0. The van der Waals surface area contributed by atoms with E-state index in [1.54, 1.807) is 0 Å². The second-order valence-electron chi connectivity index (χ2n) is 7.12. The lowest BCUT2D eigenvalue weighted by atomic mass is 9.87. The number of anilines is 1. The molecule has 0 unspecified atom stereocenters. The van der Waals surface area contributed by atoms with E-state index in [4.69, 9.17) is 0 Å². The van der Waals surface area contributed by atoms with E-state index in [2.05, 4.69) is 5.32 Å². The molecule has 10 heteroatoms. The van der Waals surface area contributed by atoms with Crippen molar-refractivity contribution in [3.8, 4) is 0 Å². The highest BCUT2D eigenvalue weighted by molar-refractivity contribution is 6.08. The number of likely N-dealkylation sites (N-methyl/N-ethyl adjacent to an activating group) is 1. The first-order chi connectivity index (χ1) is 14.0. The smallest absolute Gasteiger partial charge is 0.344 e. The fraction of sp³-hybridized carbons (Fsp3) is 0.300. The zero-order chi connectivity index (χ0) is 22.2. The van der Waals surface area contributed by atoms with E-state index in [-0.39, 0.29) is 23.5 Å². The molecular weight excluding hydrogens is 403 g/mol. The number of nitrogens with one attached hydrogen (secondary N) is 1. The first kappa shape index (κ1) is 21.3. The average Bonchev–Trinajstić information content (AvgIpc) is 2.97. The molecule has 1 aliphatic rings. The lowest BCUT2D eigenvalue weighted by Gasteiger charge is -2.18. The number of nitro groups is 1. The summed E-state index contributed by atoms with van der Waals surface area (Å²) in [6, 6.07) is 8.55. The Labute approximate surface area is 169 Å². The van der Waals surface area contributed by atoms with Crippen LogP contribution in [-0.4, -0.2) is 35.2 Å². The first-order valence-corrected chi connectivity index (χ1v) is 8.97. The van der Waals surface area contributed by atoms with Crippen LogP contribution in [0.25, 0.3) is 0 Å². The molecule has 0 spiro atoms. The molecule has 1 heterocycles. The summed E-state index contributed by atoms with van der Waals surface area (Å²) in [5.74, 6) is -2.95. The Bertz CT molecular complexity index is 1010. The highest BCUT2D eigenvalue weighted by Gasteiger charge is 2.44. The van der Waals surface area contributed by atoms with Gasteiger partial charge >= 0.3 is 6.18 Å². The van der Waals surface area contributed by atoms with Crippen molar-refractivity contribution in [3.63, 3.8) is 0 Å². The Kier molecular flexibility index (Phi) is 5.51. The van der Waals surface area contributed by atoms with Gasteiger partial charge in [-0.25, -0.2) is 0 Å². The lowest BCUT2D eigenvalue weighted by Crippen LogP contribution is -2.33. The van der Waals surface area contributed by atoms with Gasteiger partial charge in [-0.2, -0.15) is 13.2 Å². The van der Waals surface area contributed by atoms with Crippen molar-refractivity contribution in [2.75, 3.05) is 18.9 Å². The largest absolute Gasteiger partial charge is 0.416 e. The number of nitro benzene ring substituents is 1. The molecule has 1 fully saturated rings. The molecule has 2 aromatic rings. The predicted octanol–water partition coefficient (Wildman–Crippen LogP) is 3.73. The number of carbonyl (C=O) groups excluding carboxylic acids is 2. The van der Waals surface area contributed by atoms with Crippen molar-refractivity contribution in [2.24, 2.45) is 5.92 Å². The van der Waals surface area contributed by atoms with Crippen LogP contribution in [0.4, 0.5) is 24.5 Å². The number of amides is 2. The minimum atomic E-state index is -4.49. The molecule has 0 aromatic heterocycles. The van der Waals surface area contributed by atoms with E-state index >= 15 is 0 Å². The highest BCUT2D eigenvalue weighted by Crippen LogP contribution is 2.36. The Morgan fingerprint density at radius 2 is 1.83 bits per heavy atom. The summed E-state index contributed by atoms with van der Waals surface area (Å²) in [6.45, 7) is 1.64. The molecule has 2 amide bonds. The number of nitrogens with zero attached hydrogens (tertiary/aromatic N) is 2. The van der Waals surface area contributed by atoms with Gasteiger partial charge in [-0.15, -0.1) is 0 Å². The lowest BCUT2D eigenvalue weighted by molar-refractivity contribution is -0.385. The SMILES string of the molecule is Cc1c(NC(=O)[C@H]2C(=O)N(C)C[C@@H]2c2ccc(C(F)(F)F)cc2)cccc1[N+](=O)[O-]. The zero-order valence-electron chi connectivity index (χ0n) is 16.1. The molecule has 0 radical (unpaired) electrons. The zero-order valence-corrected chi connectivity index (χ0v) is 16.1. The second-order valence-corrected chi connectivity index (χ2v) is 7.12. The van der Waals surface area contributed by atoms with Gasteiger partial charge < -0.3 is 10.2 Å². The molecule has 2 aromatic carbocycles. The number of alkyl halides is 3. The van der Waals surface area contributed by atoms with Gasteiger partial charge in [-0.3, -0.25) is 19.7 Å². The van der Waals surface area contributed by atoms with Crippen molar-refractivity contribution in [2.45, 2.75) is 19.0 Å². The van der Waals surface area contributed by atoms with Crippen LogP contribution in [-0.2, 0) is 15.8 Å². The van der Waals surface area contributed by atoms with Gasteiger partial charge in [0.25, 0.3) is 5.69 Å². The van der Waals surface area contributed by atoms with Gasteiger partial charge in [0.1, 0.15) is 5.92 Å². The van der Waals surface area contributed by atoms with Crippen molar-refractivity contribution < 1.29 is 27.7 Å². The number of rotatable bonds is 4. The maximum absolute atomic E-state index is 12.9. The second kappa shape index (κ2) is 7.77. The summed E-state index contributed by atoms with van der Waals surface area (Å²) in [5, 5.41) is 13.7. The van der Waals surface area contributed by atoms with Gasteiger partial charge in [0.15, 0.2) is 0 Å². The molecule has 158 valence electrons. The average molecular weight is 421 g/mol. The third-order valence-electron chi connectivity index (χ3n) is 5.22. The molecule has 1 N–H and O–H groups in total. The van der Waals surface area contributed by atoms with E-state index < -0.39 is 40.3 Å². The summed E-state index contributed by atoms with van der Waals surface area (Å²) in [6.07, 6.45) is -4.49. The first-order valence-electron chi connectivity index (χ1n) is 8.97. The summed E-state index contributed by atoms with van der Waals surface area (Å²) in [7, 11) is 1.51. The minimum absolute atomic E-state index is 0.163. The Morgan fingerprint density at radius 1 is 1.20 bits per heavy atom. The molecule has 7 nitrogen and oxygen atoms in total. The van der Waals surface area contributed by atoms with E-state index in [0.29, 0.717) is 5.56 Å². The van der Waals surface area contributed by atoms with Gasteiger partial charge in [0.2, 0.25) is 11.8 Å². The van der Waals surface area contributed by atoms with Gasteiger partial charge in [0.05, 0.1) is 21.7 Å². The fourth-order valence-corrected chi connectivity index (χ4v) is 3.58. The van der Waals surface area contributed by atoms with Crippen LogP contribution >= 0.6 is 0 Å². The maximum Gasteiger partial charge on any atom is 0.416 e. The number of hydrogen-bond acceptors (Lipinski definition) is 4. The van der Waals surface area contributed by atoms with E-state index in [0.717, 1.165) is 12.1 Å². The molecular formula is C20H18F3N3O4. The fourth-order valence-electron chi connectivity index (χ4n) is 3.58. The molecule has 1 aliphatic heterocycles. The van der Waals surface area contributed by atoms with Crippen molar-refractivity contribution in [1.29, 1.82) is 0 Å². The van der Waals surface area contributed by atoms with Crippen LogP contribution in [0.5, 0.6) is 0 Å². The van der Waals surface area contributed by atoms with E-state index in [1.165, 1.54) is 49.2 Å². The predicted molar refractivity (Wildman–Crippen MR) is 102 cm³/mol. The summed E-state index contributed by atoms with van der Waals surface area (Å²) in [5.41, 5.74) is -0.140. The highest BCUT2D eigenvalue weighted by atomic mass is 19.4. The maximum atomic E-state index is 12.9. The van der Waals surface area contributed by atoms with Crippen LogP contribution in [0.3, 0.4) is 0 Å². The number of benzene rings is 2. The number of likely N-dealkylation sites (tertiary alicyclic amines) is 1. The topological polar surface area (TPSA) is 92.6 Å². The van der Waals surface area contributed by atoms with Crippen LogP contribution in [0, 0.1) is 23.0 Å². The molecule has 0 saturated carbocycles. The molecule has 0 bridgehead atoms. The standard InChI is InChI=1S/C20H18F3N3O4/c1-11-15(4-3-5-16(11)26(29)30)24-18(27)17-14(10-25(2)19(17)28)12-6-8-13(9-7-12)20(21,22)23/h3-9,14,17H,10H2,1-2H3,(H,24,27)/t14-,17+/m1/s1. The third-order valence-corrected chi connectivity index (χ3v) is 5.22. The summed E-state index contributed by atoms with van der Waals surface area (Å²) in [4.78, 5) is 37.3. The molecule has 3 rings (SSSR count). The Balaban J connectivity index is 1.89.